The van der Waals surface area contributed by atoms with Crippen molar-refractivity contribution in [2.45, 2.75) is 12.5 Å². The second kappa shape index (κ2) is 5.05. The molecule has 0 saturated heterocycles. The molecule has 0 heterocycles. The number of carbonyl (C=O) groups is 3. The number of carboxylic acids is 2. The van der Waals surface area contributed by atoms with Gasteiger partial charge in [0.05, 0.1) is 6.42 Å². The summed E-state index contributed by atoms with van der Waals surface area (Å²) in [5, 5.41) is 19.0. The summed E-state index contributed by atoms with van der Waals surface area (Å²) in [5.41, 5.74) is 0. The van der Waals surface area contributed by atoms with Crippen molar-refractivity contribution >= 4 is 18.0 Å². The summed E-state index contributed by atoms with van der Waals surface area (Å²) in [7, 11) is 2.85. The summed E-state index contributed by atoms with van der Waals surface area (Å²) in [6.45, 7) is 0. The highest BCUT2D eigenvalue weighted by atomic mass is 16.4. The number of rotatable bonds is 4. The number of carbonyl (C=O) groups excluding carboxylic acids is 1. The Morgan fingerprint density at radius 1 is 1.29 bits per heavy atom. The molecule has 0 fully saturated rings. The van der Waals surface area contributed by atoms with Gasteiger partial charge in [-0.15, -0.1) is 0 Å². The monoisotopic (exact) mass is 204 g/mol. The first-order chi connectivity index (χ1) is 6.34. The van der Waals surface area contributed by atoms with Crippen molar-refractivity contribution < 1.29 is 24.6 Å². The molecule has 1 atom stereocenters. The number of amides is 2. The van der Waals surface area contributed by atoms with E-state index in [-0.39, 0.29) is 0 Å². The second-order valence-electron chi connectivity index (χ2n) is 2.83. The minimum Gasteiger partial charge on any atom is -0.481 e. The maximum atomic E-state index is 11.0. The van der Waals surface area contributed by atoms with Crippen LogP contribution in [0.2, 0.25) is 0 Å². The molecule has 3 N–H and O–H groups in total. The molecule has 2 amide bonds. The van der Waals surface area contributed by atoms with Gasteiger partial charge in [0.25, 0.3) is 0 Å². The van der Waals surface area contributed by atoms with Gasteiger partial charge >= 0.3 is 18.0 Å². The molecule has 0 aliphatic carbocycles. The van der Waals surface area contributed by atoms with E-state index in [0.717, 1.165) is 4.90 Å². The lowest BCUT2D eigenvalue weighted by Crippen LogP contribution is -2.46. The number of aliphatic carboxylic acids is 2. The molecule has 0 aliphatic heterocycles. The zero-order valence-corrected chi connectivity index (χ0v) is 7.85. The lowest BCUT2D eigenvalue weighted by Gasteiger charge is -2.16. The van der Waals surface area contributed by atoms with Gasteiger partial charge in [0.1, 0.15) is 6.04 Å². The van der Waals surface area contributed by atoms with Crippen LogP contribution in [0.5, 0.6) is 0 Å². The fourth-order valence-electron chi connectivity index (χ4n) is 0.653. The van der Waals surface area contributed by atoms with Crippen molar-refractivity contribution in [2.24, 2.45) is 0 Å². The lowest BCUT2D eigenvalue weighted by molar-refractivity contribution is -0.145. The standard InChI is InChI=1S/C7H12N2O5/c1-9(2)7(14)8-4(6(12)13)3-5(10)11/h4H,3H2,1-2H3,(H,8,14)(H,10,11)(H,12,13)/t4-/m1/s1. The van der Waals surface area contributed by atoms with Crippen molar-refractivity contribution in [2.75, 3.05) is 14.1 Å². The van der Waals surface area contributed by atoms with Gasteiger partial charge in [0, 0.05) is 14.1 Å². The van der Waals surface area contributed by atoms with E-state index < -0.39 is 30.4 Å². The fourth-order valence-corrected chi connectivity index (χ4v) is 0.653. The van der Waals surface area contributed by atoms with E-state index in [9.17, 15) is 14.4 Å². The molecule has 14 heavy (non-hydrogen) atoms. The van der Waals surface area contributed by atoms with Crippen LogP contribution in [0.1, 0.15) is 6.42 Å². The molecule has 0 aromatic rings. The topological polar surface area (TPSA) is 107 Å². The molecule has 0 aliphatic rings. The molecule has 0 bridgehead atoms. The van der Waals surface area contributed by atoms with Crippen molar-refractivity contribution in [3.8, 4) is 0 Å². The quantitative estimate of drug-likeness (QED) is 0.555. The third-order valence-electron chi connectivity index (χ3n) is 1.38. The molecule has 0 saturated carbocycles. The van der Waals surface area contributed by atoms with E-state index in [2.05, 4.69) is 5.32 Å². The predicted molar refractivity (Wildman–Crippen MR) is 45.9 cm³/mol. The average Bonchev–Trinajstić information content (AvgIpc) is 2.01. The van der Waals surface area contributed by atoms with Gasteiger partial charge in [-0.05, 0) is 0 Å². The van der Waals surface area contributed by atoms with Crippen LogP contribution in [0.4, 0.5) is 4.79 Å². The Morgan fingerprint density at radius 3 is 2.07 bits per heavy atom. The highest BCUT2D eigenvalue weighted by Gasteiger charge is 2.23. The fraction of sp³-hybridized carbons (Fsp3) is 0.571. The van der Waals surface area contributed by atoms with Crippen LogP contribution in [0, 0.1) is 0 Å². The van der Waals surface area contributed by atoms with Crippen LogP contribution < -0.4 is 5.32 Å². The molecule has 7 heteroatoms. The van der Waals surface area contributed by atoms with Crippen LogP contribution in [0.3, 0.4) is 0 Å². The molecule has 0 rings (SSSR count). The van der Waals surface area contributed by atoms with Crippen LogP contribution in [-0.4, -0.2) is 53.2 Å². The zero-order valence-electron chi connectivity index (χ0n) is 7.85. The Kier molecular flexibility index (Phi) is 4.41. The summed E-state index contributed by atoms with van der Waals surface area (Å²) in [6, 6.07) is -2.04. The molecular formula is C7H12N2O5. The second-order valence-corrected chi connectivity index (χ2v) is 2.83. The van der Waals surface area contributed by atoms with E-state index in [1.54, 1.807) is 0 Å². The SMILES string of the molecule is CN(C)C(=O)N[C@H](CC(=O)O)C(=O)O. The first-order valence-electron chi connectivity index (χ1n) is 3.77. The lowest BCUT2D eigenvalue weighted by atomic mass is 10.2. The zero-order chi connectivity index (χ0) is 11.3. The number of hydrogen-bond acceptors (Lipinski definition) is 3. The van der Waals surface area contributed by atoms with Crippen molar-refractivity contribution in [3.05, 3.63) is 0 Å². The molecular weight excluding hydrogens is 192 g/mol. The van der Waals surface area contributed by atoms with Crippen LogP contribution in [-0.2, 0) is 9.59 Å². The van der Waals surface area contributed by atoms with Crippen molar-refractivity contribution in [1.82, 2.24) is 10.2 Å². The minimum atomic E-state index is -1.40. The summed E-state index contributed by atoms with van der Waals surface area (Å²) >= 11 is 0. The van der Waals surface area contributed by atoms with E-state index in [1.165, 1.54) is 14.1 Å². The molecule has 0 aromatic carbocycles. The van der Waals surface area contributed by atoms with Crippen LogP contribution in [0.25, 0.3) is 0 Å². The average molecular weight is 204 g/mol. The Morgan fingerprint density at radius 2 is 1.79 bits per heavy atom. The third kappa shape index (κ3) is 4.29. The summed E-state index contributed by atoms with van der Waals surface area (Å²) in [5.74, 6) is -2.65. The predicted octanol–water partition coefficient (Wildman–Crippen LogP) is -0.814. The highest BCUT2D eigenvalue weighted by molar-refractivity contribution is 5.85. The molecule has 80 valence electrons. The third-order valence-corrected chi connectivity index (χ3v) is 1.38. The van der Waals surface area contributed by atoms with Gasteiger partial charge in [-0.25, -0.2) is 9.59 Å². The number of carboxylic acid groups (broad SMARTS) is 2. The maximum absolute atomic E-state index is 11.0. The first-order valence-corrected chi connectivity index (χ1v) is 3.77. The Hall–Kier alpha value is -1.79. The van der Waals surface area contributed by atoms with Crippen LogP contribution in [0.15, 0.2) is 0 Å². The van der Waals surface area contributed by atoms with E-state index in [4.69, 9.17) is 10.2 Å². The molecule has 0 unspecified atom stereocenters. The van der Waals surface area contributed by atoms with Crippen molar-refractivity contribution in [3.63, 3.8) is 0 Å². The summed E-state index contributed by atoms with van der Waals surface area (Å²) < 4.78 is 0. The Balaban J connectivity index is 4.31. The number of hydrogen-bond donors (Lipinski definition) is 3. The molecule has 7 nitrogen and oxygen atoms in total. The largest absolute Gasteiger partial charge is 0.481 e. The van der Waals surface area contributed by atoms with Gasteiger partial charge in [-0.2, -0.15) is 0 Å². The summed E-state index contributed by atoms with van der Waals surface area (Å²) in [6.07, 6.45) is -0.644. The Bertz CT molecular complexity index is 250. The van der Waals surface area contributed by atoms with E-state index in [1.807, 2.05) is 0 Å². The smallest absolute Gasteiger partial charge is 0.326 e. The van der Waals surface area contributed by atoms with Gasteiger partial charge in [0.15, 0.2) is 0 Å². The number of nitrogens with zero attached hydrogens (tertiary/aromatic N) is 1. The molecule has 0 radical (unpaired) electrons. The van der Waals surface area contributed by atoms with Gasteiger partial charge in [-0.3, -0.25) is 4.79 Å². The highest BCUT2D eigenvalue weighted by Crippen LogP contribution is 1.93. The first kappa shape index (κ1) is 12.2. The van der Waals surface area contributed by atoms with Gasteiger partial charge in [-0.1, -0.05) is 0 Å². The molecule has 0 aromatic heterocycles. The van der Waals surface area contributed by atoms with Gasteiger partial charge in [0.2, 0.25) is 0 Å². The Labute approximate surface area is 80.3 Å². The molecule has 0 spiro atoms. The maximum Gasteiger partial charge on any atom is 0.326 e. The van der Waals surface area contributed by atoms with E-state index >= 15 is 0 Å². The van der Waals surface area contributed by atoms with Crippen LogP contribution >= 0.6 is 0 Å². The minimum absolute atomic E-state index is 0.640. The van der Waals surface area contributed by atoms with E-state index in [0.29, 0.717) is 0 Å². The number of urea groups is 1. The van der Waals surface area contributed by atoms with Crippen molar-refractivity contribution in [1.29, 1.82) is 0 Å². The van der Waals surface area contributed by atoms with Gasteiger partial charge < -0.3 is 20.4 Å². The normalized spacial score (nSPS) is 11.6. The summed E-state index contributed by atoms with van der Waals surface area (Å²) in [4.78, 5) is 32.9. The number of nitrogens with one attached hydrogen (secondary N) is 1.